The summed E-state index contributed by atoms with van der Waals surface area (Å²) in [5.41, 5.74) is 0.123. The van der Waals surface area contributed by atoms with Crippen molar-refractivity contribution >= 4 is 22.9 Å². The largest absolute Gasteiger partial charge is 0.504 e. The summed E-state index contributed by atoms with van der Waals surface area (Å²) in [6.45, 7) is -0.635. The number of esters is 1. The summed E-state index contributed by atoms with van der Waals surface area (Å²) in [6, 6.07) is 7.03. The minimum absolute atomic E-state index is 0.0235. The van der Waals surface area contributed by atoms with Crippen LogP contribution in [0.4, 0.5) is 0 Å². The van der Waals surface area contributed by atoms with Crippen molar-refractivity contribution in [3.63, 3.8) is 0 Å². The maximum Gasteiger partial charge on any atom is 0.317 e. The number of carboxylic acid groups (broad SMARTS) is 1. The van der Waals surface area contributed by atoms with Crippen molar-refractivity contribution in [1.82, 2.24) is 0 Å². The number of aromatic hydroxyl groups is 1. The van der Waals surface area contributed by atoms with Gasteiger partial charge in [-0.05, 0) is 23.8 Å². The van der Waals surface area contributed by atoms with Crippen LogP contribution in [0.2, 0.25) is 0 Å². The minimum Gasteiger partial charge on any atom is -0.504 e. The zero-order valence-corrected chi connectivity index (χ0v) is 21.2. The van der Waals surface area contributed by atoms with Crippen molar-refractivity contribution in [2.24, 2.45) is 0 Å². The van der Waals surface area contributed by atoms with Gasteiger partial charge in [0.1, 0.15) is 49.3 Å². The number of fused-ring (bicyclic) bond motifs is 1. The third kappa shape index (κ3) is 5.79. The molecule has 1 saturated heterocycles. The molecule has 5 atom stereocenters. The van der Waals surface area contributed by atoms with E-state index >= 15 is 0 Å². The van der Waals surface area contributed by atoms with Gasteiger partial charge in [-0.1, -0.05) is 6.07 Å². The number of carbonyl (C=O) groups excluding carboxylic acids is 1. The summed E-state index contributed by atoms with van der Waals surface area (Å²) in [4.78, 5) is 35.5. The molecule has 3 aromatic rings. The number of phenols is 1. The van der Waals surface area contributed by atoms with E-state index in [0.717, 1.165) is 0 Å². The van der Waals surface area contributed by atoms with Crippen molar-refractivity contribution in [3.05, 3.63) is 46.8 Å². The molecule has 0 aliphatic carbocycles. The summed E-state index contributed by atoms with van der Waals surface area (Å²) >= 11 is 0. The second-order valence-corrected chi connectivity index (χ2v) is 8.75. The highest BCUT2D eigenvalue weighted by Gasteiger charge is 2.45. The fourth-order valence-corrected chi connectivity index (χ4v) is 4.07. The maximum absolute atomic E-state index is 13.3. The Morgan fingerprint density at radius 2 is 1.68 bits per heavy atom. The van der Waals surface area contributed by atoms with Gasteiger partial charge in [0.25, 0.3) is 0 Å². The first-order valence-electron chi connectivity index (χ1n) is 11.8. The van der Waals surface area contributed by atoms with Crippen LogP contribution in [0.1, 0.15) is 6.42 Å². The average Bonchev–Trinajstić information content (AvgIpc) is 2.92. The first-order valence-corrected chi connectivity index (χ1v) is 11.8. The quantitative estimate of drug-likeness (QED) is 0.176. The van der Waals surface area contributed by atoms with Crippen LogP contribution in [-0.2, 0) is 19.1 Å². The second kappa shape index (κ2) is 11.8. The van der Waals surface area contributed by atoms with E-state index < -0.39 is 61.1 Å². The van der Waals surface area contributed by atoms with Gasteiger partial charge in [-0.25, -0.2) is 0 Å². The third-order valence-corrected chi connectivity index (χ3v) is 6.16. The number of benzene rings is 2. The van der Waals surface area contributed by atoms with Gasteiger partial charge in [-0.2, -0.15) is 0 Å². The fraction of sp³-hybridized carbons (Fsp3) is 0.346. The molecule has 40 heavy (non-hydrogen) atoms. The highest BCUT2D eigenvalue weighted by molar-refractivity contribution is 5.90. The van der Waals surface area contributed by atoms with Crippen LogP contribution in [-0.4, -0.2) is 89.0 Å². The Labute approximate surface area is 225 Å². The molecule has 1 aromatic heterocycles. The molecule has 0 spiro atoms. The zero-order valence-electron chi connectivity index (χ0n) is 21.2. The Morgan fingerprint density at radius 3 is 2.33 bits per heavy atom. The van der Waals surface area contributed by atoms with E-state index in [2.05, 4.69) is 0 Å². The molecule has 1 aliphatic rings. The van der Waals surface area contributed by atoms with E-state index in [9.17, 15) is 34.8 Å². The van der Waals surface area contributed by atoms with E-state index in [0.29, 0.717) is 5.56 Å². The van der Waals surface area contributed by atoms with E-state index in [1.807, 2.05) is 0 Å². The summed E-state index contributed by atoms with van der Waals surface area (Å²) in [7, 11) is 2.69. The monoisotopic (exact) mass is 562 g/mol. The molecule has 14 nitrogen and oxygen atoms in total. The Hall–Kier alpha value is -4.37. The van der Waals surface area contributed by atoms with E-state index in [1.54, 1.807) is 6.07 Å². The van der Waals surface area contributed by atoms with Crippen molar-refractivity contribution in [3.8, 4) is 34.1 Å². The van der Waals surface area contributed by atoms with Gasteiger partial charge in [0.05, 0.1) is 25.2 Å². The van der Waals surface area contributed by atoms with Crippen molar-refractivity contribution < 1.29 is 63.2 Å². The Balaban J connectivity index is 1.61. The van der Waals surface area contributed by atoms with Crippen molar-refractivity contribution in [2.75, 3.05) is 20.8 Å². The fourth-order valence-electron chi connectivity index (χ4n) is 4.07. The highest BCUT2D eigenvalue weighted by Crippen LogP contribution is 2.36. The molecule has 0 radical (unpaired) electrons. The maximum atomic E-state index is 13.3. The van der Waals surface area contributed by atoms with Gasteiger partial charge in [0.15, 0.2) is 23.0 Å². The number of aliphatic hydroxyl groups excluding tert-OH is 3. The van der Waals surface area contributed by atoms with Crippen LogP contribution in [0.3, 0.4) is 0 Å². The van der Waals surface area contributed by atoms with Gasteiger partial charge in [0.2, 0.25) is 11.7 Å². The molecule has 2 heterocycles. The highest BCUT2D eigenvalue weighted by atomic mass is 16.7. The minimum atomic E-state index is -1.78. The van der Waals surface area contributed by atoms with Gasteiger partial charge < -0.3 is 53.6 Å². The van der Waals surface area contributed by atoms with Crippen LogP contribution < -0.4 is 19.6 Å². The Morgan fingerprint density at radius 1 is 0.950 bits per heavy atom. The van der Waals surface area contributed by atoms with Gasteiger partial charge in [0, 0.05) is 6.07 Å². The molecular weight excluding hydrogens is 536 g/mol. The number of rotatable bonds is 9. The first-order chi connectivity index (χ1) is 19.0. The predicted octanol–water partition coefficient (Wildman–Crippen LogP) is 0.387. The molecule has 4 rings (SSSR count). The Bertz CT molecular complexity index is 1460. The van der Waals surface area contributed by atoms with Crippen LogP contribution in [0.15, 0.2) is 45.8 Å². The number of aliphatic carboxylic acids is 1. The van der Waals surface area contributed by atoms with E-state index in [4.69, 9.17) is 33.2 Å². The van der Waals surface area contributed by atoms with Crippen LogP contribution >= 0.6 is 0 Å². The second-order valence-electron chi connectivity index (χ2n) is 8.75. The van der Waals surface area contributed by atoms with Gasteiger partial charge in [-0.15, -0.1) is 0 Å². The average molecular weight is 562 g/mol. The number of hydrogen-bond donors (Lipinski definition) is 5. The molecule has 5 N–H and O–H groups in total. The summed E-state index contributed by atoms with van der Waals surface area (Å²) in [6.07, 6.45) is -7.96. The van der Waals surface area contributed by atoms with Crippen molar-refractivity contribution in [2.45, 2.75) is 37.1 Å². The lowest BCUT2D eigenvalue weighted by Crippen LogP contribution is -2.60. The normalized spacial score (nSPS) is 22.5. The predicted molar refractivity (Wildman–Crippen MR) is 133 cm³/mol. The number of ether oxygens (including phenoxy) is 5. The van der Waals surface area contributed by atoms with E-state index in [-0.39, 0.29) is 39.5 Å². The zero-order chi connectivity index (χ0) is 29.1. The molecule has 0 unspecified atom stereocenters. The van der Waals surface area contributed by atoms with Crippen molar-refractivity contribution in [1.29, 1.82) is 0 Å². The molecule has 1 fully saturated rings. The summed E-state index contributed by atoms with van der Waals surface area (Å²) < 4.78 is 32.0. The molecule has 2 aromatic carbocycles. The van der Waals surface area contributed by atoms with Crippen LogP contribution in [0, 0.1) is 0 Å². The lowest BCUT2D eigenvalue weighted by Gasteiger charge is -2.40. The molecule has 0 saturated carbocycles. The van der Waals surface area contributed by atoms with Gasteiger partial charge in [-0.3, -0.25) is 14.4 Å². The molecule has 14 heteroatoms. The number of carbonyl (C=O) groups is 2. The van der Waals surface area contributed by atoms with E-state index in [1.165, 1.54) is 44.7 Å². The van der Waals surface area contributed by atoms with Crippen LogP contribution in [0.5, 0.6) is 23.0 Å². The number of hydrogen-bond acceptors (Lipinski definition) is 13. The topological polar surface area (TPSA) is 212 Å². The number of phenolic OH excluding ortho intramolecular Hbond substituents is 1. The molecular formula is C26H26O14. The number of methoxy groups -OCH3 is 2. The molecule has 0 bridgehead atoms. The standard InChI is InChI=1S/C26H26O14/c1-35-15-4-3-11(5-14(15)27)13-9-37-16-7-18(17(36-2)6-12(16)22(13)31)39-26-25(34)24(33)23(32)19(40-26)10-38-21(30)8-20(28)29/h3-7,9,19,23-27,32-34H,8,10H2,1-2H3,(H,28,29)/t19-,23-,24+,25-,26-/m1/s1. The number of aliphatic hydroxyl groups is 3. The lowest BCUT2D eigenvalue weighted by atomic mass is 9.99. The number of carboxylic acids is 1. The van der Waals surface area contributed by atoms with Gasteiger partial charge >= 0.3 is 11.9 Å². The van der Waals surface area contributed by atoms with Crippen LogP contribution in [0.25, 0.3) is 22.1 Å². The summed E-state index contributed by atoms with van der Waals surface area (Å²) in [5, 5.41) is 49.8. The Kier molecular flexibility index (Phi) is 8.44. The SMILES string of the molecule is COc1ccc(-c2coc3cc(O[C@@H]4O[C@H](COC(=O)CC(=O)O)[C@@H](O)[C@H](O)[C@H]4O)c(OC)cc3c2=O)cc1O. The third-order valence-electron chi connectivity index (χ3n) is 6.16. The molecule has 0 amide bonds. The molecule has 1 aliphatic heterocycles. The lowest BCUT2D eigenvalue weighted by molar-refractivity contribution is -0.278. The smallest absolute Gasteiger partial charge is 0.317 e. The molecule has 214 valence electrons. The summed E-state index contributed by atoms with van der Waals surface area (Å²) in [5.74, 6) is -2.51. The first kappa shape index (κ1) is 28.6.